The largest absolute Gasteiger partial charge is 0.385 e. The lowest BCUT2D eigenvalue weighted by molar-refractivity contribution is -0.204. The van der Waals surface area contributed by atoms with Crippen molar-refractivity contribution in [3.63, 3.8) is 0 Å². The van der Waals surface area contributed by atoms with Crippen LogP contribution in [0.25, 0.3) is 0 Å². The van der Waals surface area contributed by atoms with E-state index in [4.69, 9.17) is 9.47 Å². The first-order chi connectivity index (χ1) is 9.53. The fourth-order valence-electron chi connectivity index (χ4n) is 3.19. The average Bonchev–Trinajstić information content (AvgIpc) is 2.92. The first-order valence-corrected chi connectivity index (χ1v) is 7.31. The predicted molar refractivity (Wildman–Crippen MR) is 77.8 cm³/mol. The van der Waals surface area contributed by atoms with Crippen LogP contribution in [0.1, 0.15) is 31.2 Å². The van der Waals surface area contributed by atoms with Gasteiger partial charge in [-0.2, -0.15) is 0 Å². The van der Waals surface area contributed by atoms with Gasteiger partial charge in [-0.15, -0.1) is 0 Å². The highest BCUT2D eigenvalue weighted by atomic mass is 16.7. The molecule has 1 spiro atoms. The number of hydrogen-bond acceptors (Lipinski definition) is 4. The molecule has 1 heterocycles. The van der Waals surface area contributed by atoms with E-state index >= 15 is 0 Å². The second-order valence-corrected chi connectivity index (χ2v) is 6.08. The average molecular weight is 277 g/mol. The molecule has 3 rings (SSSR count). The van der Waals surface area contributed by atoms with Crippen molar-refractivity contribution >= 4 is 5.69 Å². The lowest BCUT2D eigenvalue weighted by atomic mass is 9.77. The summed E-state index contributed by atoms with van der Waals surface area (Å²) in [4.78, 5) is 2.06. The molecular weight excluding hydrogens is 254 g/mol. The van der Waals surface area contributed by atoms with Gasteiger partial charge in [0, 0.05) is 32.6 Å². The molecule has 1 aliphatic carbocycles. The maximum Gasteiger partial charge on any atom is 0.168 e. The quantitative estimate of drug-likeness (QED) is 0.900. The number of nitrogens with zero attached hydrogens (tertiary/aromatic N) is 1. The second kappa shape index (κ2) is 5.02. The van der Waals surface area contributed by atoms with Crippen molar-refractivity contribution in [1.29, 1.82) is 0 Å². The number of ether oxygens (including phenoxy) is 2. The van der Waals surface area contributed by atoms with E-state index in [0.29, 0.717) is 26.1 Å². The van der Waals surface area contributed by atoms with E-state index in [9.17, 15) is 5.11 Å². The normalized spacial score (nSPS) is 23.9. The summed E-state index contributed by atoms with van der Waals surface area (Å²) in [6.45, 7) is 1.35. The lowest BCUT2D eigenvalue weighted by Crippen LogP contribution is -2.42. The molecule has 1 saturated heterocycles. The Hall–Kier alpha value is -1.10. The van der Waals surface area contributed by atoms with Gasteiger partial charge >= 0.3 is 0 Å². The third-order valence-electron chi connectivity index (χ3n) is 4.57. The van der Waals surface area contributed by atoms with Gasteiger partial charge in [0.1, 0.15) is 0 Å². The van der Waals surface area contributed by atoms with Gasteiger partial charge in [0.15, 0.2) is 5.79 Å². The SMILES string of the molecule is CN(C)c1ccc(C2(O)CCC3(CC2)OCCO3)cc1. The number of hydrogen-bond donors (Lipinski definition) is 1. The van der Waals surface area contributed by atoms with Gasteiger partial charge in [-0.1, -0.05) is 12.1 Å². The van der Waals surface area contributed by atoms with Crippen molar-refractivity contribution in [3.8, 4) is 0 Å². The molecule has 2 fully saturated rings. The minimum absolute atomic E-state index is 0.421. The van der Waals surface area contributed by atoms with Gasteiger partial charge in [0.05, 0.1) is 18.8 Å². The van der Waals surface area contributed by atoms with E-state index in [1.165, 1.54) is 0 Å². The molecule has 1 saturated carbocycles. The molecule has 2 aliphatic rings. The van der Waals surface area contributed by atoms with Crippen LogP contribution in [0.2, 0.25) is 0 Å². The fourth-order valence-corrected chi connectivity index (χ4v) is 3.19. The highest BCUT2D eigenvalue weighted by Crippen LogP contribution is 2.44. The topological polar surface area (TPSA) is 41.9 Å². The maximum atomic E-state index is 10.9. The molecule has 1 aromatic rings. The summed E-state index contributed by atoms with van der Waals surface area (Å²) < 4.78 is 11.4. The molecule has 0 aromatic heterocycles. The molecule has 0 bridgehead atoms. The van der Waals surface area contributed by atoms with Crippen molar-refractivity contribution in [2.24, 2.45) is 0 Å². The standard InChI is InChI=1S/C16H23NO3/c1-17(2)14-5-3-13(4-6-14)15(18)7-9-16(10-8-15)19-11-12-20-16/h3-6,18H,7-12H2,1-2H3. The van der Waals surface area contributed by atoms with Crippen LogP contribution in [0.4, 0.5) is 5.69 Å². The molecule has 1 aromatic carbocycles. The zero-order valence-electron chi connectivity index (χ0n) is 12.3. The van der Waals surface area contributed by atoms with Crippen molar-refractivity contribution in [3.05, 3.63) is 29.8 Å². The smallest absolute Gasteiger partial charge is 0.168 e. The zero-order valence-corrected chi connectivity index (χ0v) is 12.3. The van der Waals surface area contributed by atoms with Crippen molar-refractivity contribution in [1.82, 2.24) is 0 Å². The molecule has 4 nitrogen and oxygen atoms in total. The molecule has 0 unspecified atom stereocenters. The van der Waals surface area contributed by atoms with Crippen LogP contribution in [0.5, 0.6) is 0 Å². The third-order valence-corrected chi connectivity index (χ3v) is 4.57. The van der Waals surface area contributed by atoms with Crippen molar-refractivity contribution < 1.29 is 14.6 Å². The van der Waals surface area contributed by atoms with Crippen LogP contribution >= 0.6 is 0 Å². The van der Waals surface area contributed by atoms with E-state index in [1.807, 2.05) is 26.2 Å². The summed E-state index contributed by atoms with van der Waals surface area (Å²) in [5.41, 5.74) is 1.40. The van der Waals surface area contributed by atoms with E-state index < -0.39 is 11.4 Å². The zero-order chi connectivity index (χ0) is 14.2. The molecule has 1 aliphatic heterocycles. The van der Waals surface area contributed by atoms with Crippen LogP contribution < -0.4 is 4.90 Å². The monoisotopic (exact) mass is 277 g/mol. The van der Waals surface area contributed by atoms with Crippen LogP contribution in [-0.4, -0.2) is 38.2 Å². The Balaban J connectivity index is 1.73. The van der Waals surface area contributed by atoms with Crippen molar-refractivity contribution in [2.75, 3.05) is 32.2 Å². The Labute approximate surface area is 120 Å². The lowest BCUT2D eigenvalue weighted by Gasteiger charge is -2.40. The molecule has 0 amide bonds. The van der Waals surface area contributed by atoms with Gasteiger partial charge in [-0.3, -0.25) is 0 Å². The van der Waals surface area contributed by atoms with E-state index in [0.717, 1.165) is 24.1 Å². The summed E-state index contributed by atoms with van der Waals surface area (Å²) in [6.07, 6.45) is 2.90. The first-order valence-electron chi connectivity index (χ1n) is 7.31. The number of aliphatic hydroxyl groups is 1. The Morgan fingerprint density at radius 1 is 0.950 bits per heavy atom. The highest BCUT2D eigenvalue weighted by molar-refractivity contribution is 5.47. The van der Waals surface area contributed by atoms with Crippen LogP contribution in [0.15, 0.2) is 24.3 Å². The molecule has 20 heavy (non-hydrogen) atoms. The fraction of sp³-hybridized carbons (Fsp3) is 0.625. The van der Waals surface area contributed by atoms with Crippen molar-refractivity contribution in [2.45, 2.75) is 37.1 Å². The summed E-state index contributed by atoms with van der Waals surface area (Å²) in [7, 11) is 4.03. The van der Waals surface area contributed by atoms with Gasteiger partial charge in [0.25, 0.3) is 0 Å². The summed E-state index contributed by atoms with van der Waals surface area (Å²) in [6, 6.07) is 8.17. The Morgan fingerprint density at radius 2 is 1.50 bits per heavy atom. The van der Waals surface area contributed by atoms with Crippen LogP contribution in [0, 0.1) is 0 Å². The molecule has 0 radical (unpaired) electrons. The number of rotatable bonds is 2. The Morgan fingerprint density at radius 3 is 2.00 bits per heavy atom. The molecule has 1 N–H and O–H groups in total. The second-order valence-electron chi connectivity index (χ2n) is 6.08. The summed E-state index contributed by atoms with van der Waals surface area (Å²) >= 11 is 0. The molecular formula is C16H23NO3. The number of anilines is 1. The predicted octanol–water partition coefficient (Wildman–Crippen LogP) is 2.26. The first kappa shape index (κ1) is 13.9. The third kappa shape index (κ3) is 2.43. The van der Waals surface area contributed by atoms with Gasteiger partial charge in [0.2, 0.25) is 0 Å². The minimum Gasteiger partial charge on any atom is -0.385 e. The van der Waals surface area contributed by atoms with Gasteiger partial charge in [-0.25, -0.2) is 0 Å². The molecule has 4 heteroatoms. The maximum absolute atomic E-state index is 10.9. The van der Waals surface area contributed by atoms with E-state index in [2.05, 4.69) is 17.0 Å². The molecule has 0 atom stereocenters. The highest BCUT2D eigenvalue weighted by Gasteiger charge is 2.46. The Kier molecular flexibility index (Phi) is 3.48. The van der Waals surface area contributed by atoms with Gasteiger partial charge in [-0.05, 0) is 30.5 Å². The van der Waals surface area contributed by atoms with Crippen LogP contribution in [0.3, 0.4) is 0 Å². The number of benzene rings is 1. The molecule has 110 valence electrons. The van der Waals surface area contributed by atoms with E-state index in [-0.39, 0.29) is 0 Å². The summed E-state index contributed by atoms with van der Waals surface area (Å²) in [5.74, 6) is -0.421. The van der Waals surface area contributed by atoms with Crippen LogP contribution in [-0.2, 0) is 15.1 Å². The minimum atomic E-state index is -0.745. The summed E-state index contributed by atoms with van der Waals surface area (Å²) in [5, 5.41) is 10.9. The van der Waals surface area contributed by atoms with Gasteiger partial charge < -0.3 is 19.5 Å². The van der Waals surface area contributed by atoms with E-state index in [1.54, 1.807) is 0 Å². The Bertz CT molecular complexity index is 453.